The van der Waals surface area contributed by atoms with Gasteiger partial charge in [0.1, 0.15) is 9.79 Å². The number of hydrogen-bond acceptors (Lipinski definition) is 7. The van der Waals surface area contributed by atoms with Crippen LogP contribution in [0.3, 0.4) is 0 Å². The van der Waals surface area contributed by atoms with Gasteiger partial charge in [0.25, 0.3) is 20.2 Å². The third-order valence-corrected chi connectivity index (χ3v) is 4.42. The predicted octanol–water partition coefficient (Wildman–Crippen LogP) is 0.638. The molecule has 0 amide bonds. The number of fused-ring (bicyclic) bond motifs is 1. The summed E-state index contributed by atoms with van der Waals surface area (Å²) in [4.78, 5) is -0.799. The Morgan fingerprint density at radius 1 is 0.826 bits per heavy atom. The Balaban J connectivity index is 0.000000593. The number of rotatable bonds is 2. The molecular weight excluding hydrogens is 372 g/mol. The van der Waals surface area contributed by atoms with E-state index in [1.54, 1.807) is 6.92 Å². The molecule has 0 unspecified atom stereocenters. The van der Waals surface area contributed by atoms with Crippen molar-refractivity contribution in [3.63, 3.8) is 0 Å². The monoisotopic (exact) mass is 382 g/mol. The summed E-state index contributed by atoms with van der Waals surface area (Å²) in [6.07, 6.45) is 0. The van der Waals surface area contributed by atoms with E-state index in [0.29, 0.717) is 5.56 Å². The lowest BCUT2D eigenvalue weighted by Gasteiger charge is -2.08. The normalized spacial score (nSPS) is 11.6. The molecule has 126 valence electrons. The van der Waals surface area contributed by atoms with E-state index < -0.39 is 40.6 Å². The van der Waals surface area contributed by atoms with Crippen LogP contribution in [0, 0.1) is 6.92 Å². The minimum absolute atomic E-state index is 0.0308. The maximum absolute atomic E-state index is 11.3. The summed E-state index contributed by atoms with van der Waals surface area (Å²) in [6, 6.07) is 6.45. The SMILES string of the molecule is Cc1cc(S(=O)(=O)O)c2cccc(S(=O)(=O)O)c2c1.O=S(=O)=O. The van der Waals surface area contributed by atoms with Gasteiger partial charge in [-0.1, -0.05) is 12.1 Å². The quantitative estimate of drug-likeness (QED) is 0.710. The van der Waals surface area contributed by atoms with E-state index in [9.17, 15) is 16.8 Å². The van der Waals surface area contributed by atoms with Crippen molar-refractivity contribution in [3.8, 4) is 0 Å². The van der Waals surface area contributed by atoms with Gasteiger partial charge in [0.15, 0.2) is 0 Å². The van der Waals surface area contributed by atoms with Gasteiger partial charge in [0, 0.05) is 10.8 Å². The van der Waals surface area contributed by atoms with Crippen LogP contribution in [0.1, 0.15) is 5.56 Å². The molecule has 0 heterocycles. The first-order valence-corrected chi connectivity index (χ1v) is 9.47. The van der Waals surface area contributed by atoms with Crippen LogP contribution in [-0.2, 0) is 30.8 Å². The first-order valence-electron chi connectivity index (χ1n) is 5.59. The average molecular weight is 382 g/mol. The molecule has 0 atom stereocenters. The molecule has 9 nitrogen and oxygen atoms in total. The molecule has 2 aromatic rings. The maximum Gasteiger partial charge on any atom is 0.425 e. The first kappa shape index (κ1) is 19.2. The molecule has 23 heavy (non-hydrogen) atoms. The highest BCUT2D eigenvalue weighted by Gasteiger charge is 2.20. The van der Waals surface area contributed by atoms with Crippen molar-refractivity contribution in [2.75, 3.05) is 0 Å². The van der Waals surface area contributed by atoms with E-state index >= 15 is 0 Å². The summed E-state index contributed by atoms with van der Waals surface area (Å²) in [6.45, 7) is 1.55. The summed E-state index contributed by atoms with van der Waals surface area (Å²) >= 11 is 0. The van der Waals surface area contributed by atoms with Gasteiger partial charge in [0.05, 0.1) is 0 Å². The highest BCUT2D eigenvalue weighted by atomic mass is 32.2. The van der Waals surface area contributed by atoms with Gasteiger partial charge in [-0.25, -0.2) is 0 Å². The van der Waals surface area contributed by atoms with Crippen LogP contribution in [0.15, 0.2) is 40.1 Å². The Bertz CT molecular complexity index is 1060. The van der Waals surface area contributed by atoms with Crippen LogP contribution < -0.4 is 0 Å². The van der Waals surface area contributed by atoms with Crippen molar-refractivity contribution in [2.24, 2.45) is 0 Å². The molecule has 12 heteroatoms. The highest BCUT2D eigenvalue weighted by Crippen LogP contribution is 2.29. The molecule has 0 fully saturated rings. The summed E-state index contributed by atoms with van der Waals surface area (Å²) in [7, 11) is -12.1. The standard InChI is InChI=1S/C11H10O6S2.O3S/c1-7-5-9-8(11(6-7)19(15,16)17)3-2-4-10(9)18(12,13)14;1-4(2)3/h2-6H,1H3,(H,12,13,14)(H,15,16,17);. The van der Waals surface area contributed by atoms with Crippen LogP contribution in [-0.4, -0.2) is 38.6 Å². The number of aryl methyl sites for hydroxylation is 1. The maximum atomic E-state index is 11.3. The largest absolute Gasteiger partial charge is 0.425 e. The number of benzene rings is 2. The Kier molecular flexibility index (Phi) is 5.60. The molecule has 0 saturated carbocycles. The number of hydrogen-bond donors (Lipinski definition) is 2. The lowest BCUT2D eigenvalue weighted by molar-refractivity contribution is 0.481. The zero-order valence-corrected chi connectivity index (χ0v) is 13.8. The third kappa shape index (κ3) is 5.07. The smallest absolute Gasteiger partial charge is 0.282 e. The summed E-state index contributed by atoms with van der Waals surface area (Å²) < 4.78 is 88.8. The molecule has 0 bridgehead atoms. The van der Waals surface area contributed by atoms with Crippen LogP contribution in [0.5, 0.6) is 0 Å². The van der Waals surface area contributed by atoms with Crippen molar-refractivity contribution < 1.29 is 38.6 Å². The van der Waals surface area contributed by atoms with E-state index in [1.807, 2.05) is 0 Å². The molecule has 0 radical (unpaired) electrons. The van der Waals surface area contributed by atoms with E-state index in [0.717, 1.165) is 6.07 Å². The Morgan fingerprint density at radius 3 is 1.74 bits per heavy atom. The van der Waals surface area contributed by atoms with Crippen LogP contribution >= 0.6 is 0 Å². The molecule has 0 aliphatic carbocycles. The van der Waals surface area contributed by atoms with Crippen molar-refractivity contribution in [1.29, 1.82) is 0 Å². The lowest BCUT2D eigenvalue weighted by atomic mass is 10.1. The molecule has 2 aromatic carbocycles. The Morgan fingerprint density at radius 2 is 1.30 bits per heavy atom. The third-order valence-electron chi connectivity index (χ3n) is 2.62. The molecular formula is C11H10O9S3. The Hall–Kier alpha value is -1.86. The highest BCUT2D eigenvalue weighted by molar-refractivity contribution is 7.86. The van der Waals surface area contributed by atoms with Gasteiger partial charge < -0.3 is 0 Å². The fourth-order valence-electron chi connectivity index (χ4n) is 1.90. The van der Waals surface area contributed by atoms with E-state index in [4.69, 9.17) is 21.7 Å². The van der Waals surface area contributed by atoms with Gasteiger partial charge in [-0.15, -0.1) is 12.6 Å². The minimum Gasteiger partial charge on any atom is -0.282 e. The topological polar surface area (TPSA) is 160 Å². The van der Waals surface area contributed by atoms with E-state index in [1.165, 1.54) is 24.3 Å². The predicted molar refractivity (Wildman–Crippen MR) is 78.0 cm³/mol. The second-order valence-electron chi connectivity index (χ2n) is 4.27. The first-order chi connectivity index (χ1) is 10.3. The average Bonchev–Trinajstić information content (AvgIpc) is 2.33. The minimum atomic E-state index is -4.49. The van der Waals surface area contributed by atoms with Gasteiger partial charge >= 0.3 is 10.6 Å². The second kappa shape index (κ2) is 6.72. The second-order valence-corrected chi connectivity index (χ2v) is 7.46. The molecule has 0 saturated heterocycles. The zero-order chi connectivity index (χ0) is 18.0. The van der Waals surface area contributed by atoms with Crippen LogP contribution in [0.2, 0.25) is 0 Å². The summed E-state index contributed by atoms with van der Waals surface area (Å²) in [5, 5.41) is 0.0702. The van der Waals surface area contributed by atoms with Crippen LogP contribution in [0.4, 0.5) is 0 Å². The van der Waals surface area contributed by atoms with Gasteiger partial charge in [0.2, 0.25) is 0 Å². The Labute approximate surface area is 133 Å². The van der Waals surface area contributed by atoms with Gasteiger partial charge in [-0.2, -0.15) is 16.8 Å². The lowest BCUT2D eigenvalue weighted by Crippen LogP contribution is -2.03. The molecule has 0 spiro atoms. The van der Waals surface area contributed by atoms with Crippen molar-refractivity contribution in [2.45, 2.75) is 16.7 Å². The zero-order valence-electron chi connectivity index (χ0n) is 11.4. The van der Waals surface area contributed by atoms with Crippen LogP contribution in [0.25, 0.3) is 10.8 Å². The molecule has 0 aliphatic heterocycles. The van der Waals surface area contributed by atoms with E-state index in [-0.39, 0.29) is 10.8 Å². The van der Waals surface area contributed by atoms with Crippen molar-refractivity contribution >= 4 is 41.6 Å². The van der Waals surface area contributed by atoms with Crippen molar-refractivity contribution in [3.05, 3.63) is 35.9 Å². The fraction of sp³-hybridized carbons (Fsp3) is 0.0909. The molecule has 0 aromatic heterocycles. The van der Waals surface area contributed by atoms with Crippen molar-refractivity contribution in [1.82, 2.24) is 0 Å². The molecule has 2 rings (SSSR count). The summed E-state index contributed by atoms with van der Waals surface area (Å²) in [5.41, 5.74) is 0.441. The fourth-order valence-corrected chi connectivity index (χ4v) is 3.39. The summed E-state index contributed by atoms with van der Waals surface area (Å²) in [5.74, 6) is 0. The molecule has 2 N–H and O–H groups in total. The van der Waals surface area contributed by atoms with E-state index in [2.05, 4.69) is 0 Å². The van der Waals surface area contributed by atoms with Gasteiger partial charge in [-0.05, 0) is 30.7 Å². The molecule has 0 aliphatic rings. The van der Waals surface area contributed by atoms with Gasteiger partial charge in [-0.3, -0.25) is 9.11 Å².